The molecule has 0 aliphatic rings. The predicted octanol–water partition coefficient (Wildman–Crippen LogP) is 4.31. The number of benzene rings is 2. The molecule has 0 saturated carbocycles. The minimum Gasteiger partial charge on any atom is -0.326 e. The maximum absolute atomic E-state index is 12.6. The highest BCUT2D eigenvalue weighted by Crippen LogP contribution is 2.23. The number of anilines is 1. The number of aromatic nitrogens is 2. The number of nitrogens with one attached hydrogen (secondary N) is 1. The number of carbonyl (C=O) groups excluding carboxylic acids is 1. The summed E-state index contributed by atoms with van der Waals surface area (Å²) >= 11 is 6.10. The summed E-state index contributed by atoms with van der Waals surface area (Å²) in [5, 5.41) is 3.47. The number of carbonyl (C=O) groups is 1. The highest BCUT2D eigenvalue weighted by atomic mass is 35.5. The second-order valence-corrected chi connectivity index (χ2v) is 7.20. The van der Waals surface area contributed by atoms with Gasteiger partial charge in [-0.25, -0.2) is 4.98 Å². The number of aryl methyl sites for hydroxylation is 4. The fraction of sp³-hybridized carbons (Fsp3) is 0.286. The Bertz CT molecular complexity index is 1100. The van der Waals surface area contributed by atoms with Crippen molar-refractivity contribution in [2.45, 2.75) is 40.7 Å². The van der Waals surface area contributed by atoms with Gasteiger partial charge in [0.2, 0.25) is 5.91 Å². The highest BCUT2D eigenvalue weighted by molar-refractivity contribution is 6.31. The minimum absolute atomic E-state index is 0.168. The largest absolute Gasteiger partial charge is 0.326 e. The quantitative estimate of drug-likeness (QED) is 0.730. The average Bonchev–Trinajstić information content (AvgIpc) is 2.61. The maximum atomic E-state index is 12.6. The number of fused-ring (bicyclic) bond motifs is 1. The molecule has 27 heavy (non-hydrogen) atoms. The van der Waals surface area contributed by atoms with Gasteiger partial charge in [-0.05, 0) is 68.7 Å². The van der Waals surface area contributed by atoms with Crippen LogP contribution in [0.3, 0.4) is 0 Å². The van der Waals surface area contributed by atoms with Gasteiger partial charge in [-0.2, -0.15) is 0 Å². The lowest BCUT2D eigenvalue weighted by molar-refractivity contribution is -0.116. The van der Waals surface area contributed by atoms with Gasteiger partial charge in [-0.1, -0.05) is 17.7 Å². The van der Waals surface area contributed by atoms with Crippen LogP contribution in [0.4, 0.5) is 5.69 Å². The predicted molar refractivity (Wildman–Crippen MR) is 110 cm³/mol. The van der Waals surface area contributed by atoms with E-state index in [1.165, 1.54) is 0 Å². The van der Waals surface area contributed by atoms with E-state index in [4.69, 9.17) is 11.6 Å². The molecule has 0 saturated heterocycles. The topological polar surface area (TPSA) is 64.0 Å². The standard InChI is InChI=1S/C21H22ClN3O2/c1-12-10-18-19(11-13(12)2)25(21(27)15(4)23-18)9-8-20(26)24-17-7-5-6-16(22)14(17)3/h5-7,10-11H,8-9H2,1-4H3,(H,24,26). The van der Waals surface area contributed by atoms with Gasteiger partial charge in [0.1, 0.15) is 5.69 Å². The van der Waals surface area contributed by atoms with Crippen molar-refractivity contribution in [3.63, 3.8) is 0 Å². The van der Waals surface area contributed by atoms with E-state index < -0.39 is 0 Å². The summed E-state index contributed by atoms with van der Waals surface area (Å²) in [7, 11) is 0. The number of hydrogen-bond donors (Lipinski definition) is 1. The van der Waals surface area contributed by atoms with E-state index in [0.717, 1.165) is 27.7 Å². The van der Waals surface area contributed by atoms with Crippen LogP contribution in [0, 0.1) is 27.7 Å². The van der Waals surface area contributed by atoms with Gasteiger partial charge < -0.3 is 9.88 Å². The molecular weight excluding hydrogens is 362 g/mol. The summed E-state index contributed by atoms with van der Waals surface area (Å²) in [6.07, 6.45) is 0.178. The van der Waals surface area contributed by atoms with E-state index in [1.54, 1.807) is 23.6 Å². The molecule has 6 heteroatoms. The third kappa shape index (κ3) is 3.88. The number of rotatable bonds is 4. The van der Waals surface area contributed by atoms with Crippen molar-refractivity contribution in [2.75, 3.05) is 5.32 Å². The third-order valence-electron chi connectivity index (χ3n) is 4.83. The van der Waals surface area contributed by atoms with E-state index in [2.05, 4.69) is 10.3 Å². The average molecular weight is 384 g/mol. The molecule has 1 aromatic heterocycles. The molecule has 0 bridgehead atoms. The second-order valence-electron chi connectivity index (χ2n) is 6.79. The van der Waals surface area contributed by atoms with Crippen molar-refractivity contribution in [2.24, 2.45) is 0 Å². The fourth-order valence-electron chi connectivity index (χ4n) is 3.02. The van der Waals surface area contributed by atoms with Crippen LogP contribution >= 0.6 is 11.6 Å². The van der Waals surface area contributed by atoms with Gasteiger partial charge in [0, 0.05) is 23.7 Å². The van der Waals surface area contributed by atoms with Gasteiger partial charge >= 0.3 is 0 Å². The Morgan fingerprint density at radius 2 is 1.85 bits per heavy atom. The van der Waals surface area contributed by atoms with Gasteiger partial charge in [0.15, 0.2) is 0 Å². The maximum Gasteiger partial charge on any atom is 0.272 e. The summed E-state index contributed by atoms with van der Waals surface area (Å²) < 4.78 is 1.63. The van der Waals surface area contributed by atoms with Crippen molar-refractivity contribution in [1.29, 1.82) is 0 Å². The van der Waals surface area contributed by atoms with Crippen LogP contribution in [-0.4, -0.2) is 15.5 Å². The molecule has 0 aliphatic carbocycles. The lowest BCUT2D eigenvalue weighted by atomic mass is 10.1. The first-order valence-electron chi connectivity index (χ1n) is 8.81. The summed E-state index contributed by atoms with van der Waals surface area (Å²) in [5.41, 5.74) is 5.48. The summed E-state index contributed by atoms with van der Waals surface area (Å²) in [5.74, 6) is -0.168. The van der Waals surface area contributed by atoms with Crippen molar-refractivity contribution in [3.8, 4) is 0 Å². The van der Waals surface area contributed by atoms with Gasteiger partial charge in [-0.3, -0.25) is 9.59 Å². The zero-order valence-corrected chi connectivity index (χ0v) is 16.6. The van der Waals surface area contributed by atoms with E-state index in [1.807, 2.05) is 39.0 Å². The number of hydrogen-bond acceptors (Lipinski definition) is 3. The van der Waals surface area contributed by atoms with Gasteiger partial charge in [0.25, 0.3) is 5.56 Å². The second kappa shape index (κ2) is 7.53. The van der Waals surface area contributed by atoms with Crippen LogP contribution in [0.15, 0.2) is 35.1 Å². The van der Waals surface area contributed by atoms with Crippen LogP contribution in [-0.2, 0) is 11.3 Å². The first-order valence-corrected chi connectivity index (χ1v) is 9.19. The van der Waals surface area contributed by atoms with E-state index in [9.17, 15) is 9.59 Å². The van der Waals surface area contributed by atoms with Gasteiger partial charge in [-0.15, -0.1) is 0 Å². The molecule has 0 spiro atoms. The zero-order valence-electron chi connectivity index (χ0n) is 15.9. The molecule has 0 radical (unpaired) electrons. The molecule has 1 amide bonds. The van der Waals surface area contributed by atoms with Crippen molar-refractivity contribution < 1.29 is 4.79 Å². The van der Waals surface area contributed by atoms with Gasteiger partial charge in [0.05, 0.1) is 11.0 Å². The molecular formula is C21H22ClN3O2. The Kier molecular flexibility index (Phi) is 5.33. The third-order valence-corrected chi connectivity index (χ3v) is 5.24. The van der Waals surface area contributed by atoms with Crippen LogP contribution in [0.2, 0.25) is 5.02 Å². The van der Waals surface area contributed by atoms with E-state index in [-0.39, 0.29) is 24.4 Å². The summed E-state index contributed by atoms with van der Waals surface area (Å²) in [6, 6.07) is 9.31. The Hall–Kier alpha value is -2.66. The van der Waals surface area contributed by atoms with Crippen LogP contribution in [0.25, 0.3) is 11.0 Å². The number of nitrogens with zero attached hydrogens (tertiary/aromatic N) is 2. The monoisotopic (exact) mass is 383 g/mol. The SMILES string of the molecule is Cc1cc2nc(C)c(=O)n(CCC(=O)Nc3cccc(Cl)c3C)c2cc1C. The first kappa shape index (κ1) is 19.1. The molecule has 5 nitrogen and oxygen atoms in total. The minimum atomic E-state index is -0.169. The lowest BCUT2D eigenvalue weighted by Gasteiger charge is -2.14. The summed E-state index contributed by atoms with van der Waals surface area (Å²) in [6.45, 7) is 7.85. The molecule has 2 aromatic carbocycles. The molecule has 0 atom stereocenters. The smallest absolute Gasteiger partial charge is 0.272 e. The van der Waals surface area contributed by atoms with Crippen LogP contribution < -0.4 is 10.9 Å². The van der Waals surface area contributed by atoms with Crippen LogP contribution in [0.1, 0.15) is 28.8 Å². The fourth-order valence-corrected chi connectivity index (χ4v) is 3.19. The van der Waals surface area contributed by atoms with Crippen molar-refractivity contribution in [1.82, 2.24) is 9.55 Å². The molecule has 3 aromatic rings. The van der Waals surface area contributed by atoms with E-state index >= 15 is 0 Å². The molecule has 1 N–H and O–H groups in total. The first-order chi connectivity index (χ1) is 12.8. The summed E-state index contributed by atoms with van der Waals surface area (Å²) in [4.78, 5) is 29.4. The number of halogens is 1. The van der Waals surface area contributed by atoms with Crippen molar-refractivity contribution >= 4 is 34.2 Å². The Morgan fingerprint density at radius 1 is 1.15 bits per heavy atom. The molecule has 140 valence electrons. The molecule has 1 heterocycles. The molecule has 3 rings (SSSR count). The normalized spacial score (nSPS) is 11.0. The molecule has 0 aliphatic heterocycles. The van der Waals surface area contributed by atoms with E-state index in [0.29, 0.717) is 16.4 Å². The Balaban J connectivity index is 1.87. The lowest BCUT2D eigenvalue weighted by Crippen LogP contribution is -2.26. The zero-order chi connectivity index (χ0) is 19.7. The van der Waals surface area contributed by atoms with Crippen molar-refractivity contribution in [3.05, 3.63) is 68.1 Å². The Labute approximate surface area is 163 Å². The molecule has 0 fully saturated rings. The molecule has 0 unspecified atom stereocenters. The van der Waals surface area contributed by atoms with Crippen LogP contribution in [0.5, 0.6) is 0 Å². The Morgan fingerprint density at radius 3 is 2.59 bits per heavy atom. The number of amides is 1. The highest BCUT2D eigenvalue weighted by Gasteiger charge is 2.12.